The first-order chi connectivity index (χ1) is 10.1. The van der Waals surface area contributed by atoms with Crippen LogP contribution in [0.5, 0.6) is 0 Å². The van der Waals surface area contributed by atoms with E-state index in [0.717, 1.165) is 5.56 Å². The number of alkyl carbamates (subject to hydrolysis) is 1. The first-order valence-electron chi connectivity index (χ1n) is 7.28. The highest BCUT2D eigenvalue weighted by molar-refractivity contribution is 5.95. The number of rotatable bonds is 3. The normalized spacial score (nSPS) is 16.7. The van der Waals surface area contributed by atoms with Gasteiger partial charge in [-0.2, -0.15) is 0 Å². The number of amides is 1. The van der Waals surface area contributed by atoms with Gasteiger partial charge in [-0.15, -0.1) is 0 Å². The van der Waals surface area contributed by atoms with E-state index in [1.165, 1.54) is 0 Å². The van der Waals surface area contributed by atoms with Crippen molar-refractivity contribution >= 4 is 12.0 Å². The number of pyridine rings is 1. The summed E-state index contributed by atoms with van der Waals surface area (Å²) >= 11 is 0. The average molecular weight is 305 g/mol. The summed E-state index contributed by atoms with van der Waals surface area (Å²) in [7, 11) is 0. The first-order valence-corrected chi connectivity index (χ1v) is 7.28. The first kappa shape index (κ1) is 16.3. The van der Waals surface area contributed by atoms with Gasteiger partial charge < -0.3 is 14.8 Å². The van der Waals surface area contributed by atoms with Gasteiger partial charge in [-0.3, -0.25) is 4.98 Å². The van der Waals surface area contributed by atoms with E-state index in [2.05, 4.69) is 15.3 Å². The minimum absolute atomic E-state index is 0.126. The number of carbonyl (C=O) groups excluding carboxylic acids is 1. The minimum Gasteiger partial charge on any atom is -0.475 e. The highest BCUT2D eigenvalue weighted by Gasteiger charge is 2.27. The van der Waals surface area contributed by atoms with Crippen LogP contribution in [0.3, 0.4) is 0 Å². The van der Waals surface area contributed by atoms with Crippen LogP contribution in [0.4, 0.5) is 4.79 Å². The number of ether oxygens (including phenoxy) is 2. The number of nitrogens with one attached hydrogen (secondary N) is 1. The minimum atomic E-state index is -0.455. The fraction of sp³-hybridized carbons (Fsp3) is 0.562. The molecule has 6 nitrogen and oxygen atoms in total. The predicted octanol–water partition coefficient (Wildman–Crippen LogP) is 2.66. The number of hydrogen-bond acceptors (Lipinski definition) is 5. The second-order valence-corrected chi connectivity index (χ2v) is 7.01. The van der Waals surface area contributed by atoms with E-state index in [9.17, 15) is 4.79 Å². The Bertz CT molecular complexity index is 571. The molecule has 1 N–H and O–H groups in total. The van der Waals surface area contributed by atoms with Gasteiger partial charge in [-0.25, -0.2) is 9.79 Å². The van der Waals surface area contributed by atoms with E-state index in [0.29, 0.717) is 18.2 Å². The quantitative estimate of drug-likeness (QED) is 0.931. The lowest BCUT2D eigenvalue weighted by molar-refractivity contribution is 0.130. The van der Waals surface area contributed by atoms with Crippen LogP contribution in [0, 0.1) is 0 Å². The molecule has 1 amide bonds. The molecule has 0 radical (unpaired) electrons. The largest absolute Gasteiger partial charge is 0.475 e. The molecule has 0 atom stereocenters. The molecule has 1 aliphatic rings. The fourth-order valence-electron chi connectivity index (χ4n) is 1.85. The van der Waals surface area contributed by atoms with Gasteiger partial charge in [-0.05, 0) is 46.8 Å². The Morgan fingerprint density at radius 1 is 1.41 bits per heavy atom. The summed E-state index contributed by atoms with van der Waals surface area (Å²) in [5, 5.41) is 2.73. The number of nitrogens with zero attached hydrogens (tertiary/aromatic N) is 2. The van der Waals surface area contributed by atoms with Gasteiger partial charge in [-0.1, -0.05) is 0 Å². The van der Waals surface area contributed by atoms with Gasteiger partial charge >= 0.3 is 6.09 Å². The maximum atomic E-state index is 11.6. The molecule has 22 heavy (non-hydrogen) atoms. The summed E-state index contributed by atoms with van der Waals surface area (Å²) in [6.07, 6.45) is 1.23. The molecule has 0 saturated carbocycles. The second-order valence-electron chi connectivity index (χ2n) is 7.01. The predicted molar refractivity (Wildman–Crippen MR) is 83.9 cm³/mol. The Kier molecular flexibility index (Phi) is 4.39. The topological polar surface area (TPSA) is 72.8 Å². The molecule has 120 valence electrons. The summed E-state index contributed by atoms with van der Waals surface area (Å²) < 4.78 is 10.7. The van der Waals surface area contributed by atoms with Gasteiger partial charge in [0.2, 0.25) is 5.90 Å². The summed E-state index contributed by atoms with van der Waals surface area (Å²) in [5.41, 5.74) is 0.987. The lowest BCUT2D eigenvalue weighted by atomic mass is 10.1. The molecule has 1 aliphatic heterocycles. The van der Waals surface area contributed by atoms with Crippen molar-refractivity contribution in [2.75, 3.05) is 6.61 Å². The highest BCUT2D eigenvalue weighted by Crippen LogP contribution is 2.20. The maximum absolute atomic E-state index is 11.6. The molecule has 1 aromatic heterocycles. The van der Waals surface area contributed by atoms with Gasteiger partial charge in [0, 0.05) is 11.7 Å². The number of carbonyl (C=O) groups is 1. The number of hydrogen-bond donors (Lipinski definition) is 1. The van der Waals surface area contributed by atoms with Crippen molar-refractivity contribution in [2.45, 2.75) is 52.3 Å². The van der Waals surface area contributed by atoms with Gasteiger partial charge in [0.25, 0.3) is 0 Å². The van der Waals surface area contributed by atoms with Gasteiger partial charge in [0.15, 0.2) is 0 Å². The maximum Gasteiger partial charge on any atom is 0.407 e. The second kappa shape index (κ2) is 5.94. The zero-order chi connectivity index (χ0) is 16.4. The van der Waals surface area contributed by atoms with E-state index in [1.807, 2.05) is 40.7 Å². The van der Waals surface area contributed by atoms with Gasteiger partial charge in [0.1, 0.15) is 13.2 Å². The Labute approximate surface area is 130 Å². The lowest BCUT2D eigenvalue weighted by Crippen LogP contribution is -2.40. The van der Waals surface area contributed by atoms with Crippen molar-refractivity contribution in [1.29, 1.82) is 0 Å². The van der Waals surface area contributed by atoms with Crippen molar-refractivity contribution in [3.8, 4) is 0 Å². The smallest absolute Gasteiger partial charge is 0.407 e. The third-order valence-electron chi connectivity index (χ3n) is 2.87. The Hall–Kier alpha value is -2.11. The SMILES string of the molecule is CC1(C)COC(c2ccc(COC(=O)NC(C)(C)C)nc2)=N1. The number of aromatic nitrogens is 1. The van der Waals surface area contributed by atoms with Crippen molar-refractivity contribution in [2.24, 2.45) is 4.99 Å². The van der Waals surface area contributed by atoms with Crippen LogP contribution in [0.2, 0.25) is 0 Å². The van der Waals surface area contributed by atoms with Crippen molar-refractivity contribution in [1.82, 2.24) is 10.3 Å². The summed E-state index contributed by atoms with van der Waals surface area (Å²) in [6, 6.07) is 3.67. The molecule has 2 heterocycles. The molecule has 0 spiro atoms. The van der Waals surface area contributed by atoms with Crippen molar-refractivity contribution in [3.05, 3.63) is 29.6 Å². The number of aliphatic imine (C=N–C) groups is 1. The summed E-state index contributed by atoms with van der Waals surface area (Å²) in [5.74, 6) is 0.607. The summed E-state index contributed by atoms with van der Waals surface area (Å²) in [6.45, 7) is 10.4. The van der Waals surface area contributed by atoms with Crippen LogP contribution < -0.4 is 5.32 Å². The van der Waals surface area contributed by atoms with Crippen LogP contribution in [-0.4, -0.2) is 34.7 Å². The Morgan fingerprint density at radius 2 is 2.14 bits per heavy atom. The van der Waals surface area contributed by atoms with Crippen LogP contribution in [-0.2, 0) is 16.1 Å². The molecular weight excluding hydrogens is 282 g/mol. The standard InChI is InChI=1S/C16H23N3O3/c1-15(2,3)19-14(20)21-9-12-7-6-11(8-17-12)13-18-16(4,5)10-22-13/h6-8H,9-10H2,1-5H3,(H,19,20). The van der Waals surface area contributed by atoms with E-state index in [4.69, 9.17) is 9.47 Å². The van der Waals surface area contributed by atoms with Crippen molar-refractivity contribution in [3.63, 3.8) is 0 Å². The van der Waals surface area contributed by atoms with E-state index in [-0.39, 0.29) is 17.7 Å². The monoisotopic (exact) mass is 305 g/mol. The third kappa shape index (κ3) is 4.72. The van der Waals surface area contributed by atoms with Crippen LogP contribution >= 0.6 is 0 Å². The summed E-state index contributed by atoms with van der Waals surface area (Å²) in [4.78, 5) is 20.3. The molecule has 0 aromatic carbocycles. The molecule has 0 fully saturated rings. The molecule has 0 aliphatic carbocycles. The molecule has 6 heteroatoms. The van der Waals surface area contributed by atoms with Crippen LogP contribution in [0.15, 0.2) is 23.3 Å². The van der Waals surface area contributed by atoms with E-state index in [1.54, 1.807) is 12.3 Å². The zero-order valence-electron chi connectivity index (χ0n) is 13.8. The zero-order valence-corrected chi connectivity index (χ0v) is 13.8. The Morgan fingerprint density at radius 3 is 2.64 bits per heavy atom. The highest BCUT2D eigenvalue weighted by atomic mass is 16.5. The lowest BCUT2D eigenvalue weighted by Gasteiger charge is -2.19. The van der Waals surface area contributed by atoms with Crippen molar-refractivity contribution < 1.29 is 14.3 Å². The third-order valence-corrected chi connectivity index (χ3v) is 2.87. The van der Waals surface area contributed by atoms with Crippen LogP contribution in [0.25, 0.3) is 0 Å². The van der Waals surface area contributed by atoms with Crippen LogP contribution in [0.1, 0.15) is 45.9 Å². The molecule has 0 saturated heterocycles. The molecule has 0 bridgehead atoms. The Balaban J connectivity index is 1.92. The van der Waals surface area contributed by atoms with E-state index >= 15 is 0 Å². The molecular formula is C16H23N3O3. The van der Waals surface area contributed by atoms with E-state index < -0.39 is 6.09 Å². The molecule has 1 aromatic rings. The van der Waals surface area contributed by atoms with Gasteiger partial charge in [0.05, 0.1) is 16.8 Å². The fourth-order valence-corrected chi connectivity index (χ4v) is 1.85. The average Bonchev–Trinajstić information content (AvgIpc) is 2.75. The molecule has 0 unspecified atom stereocenters. The molecule has 2 rings (SSSR count).